The lowest BCUT2D eigenvalue weighted by atomic mass is 10.2. The number of halogens is 1. The molecule has 0 unspecified atom stereocenters. The number of hydrogen-bond donors (Lipinski definition) is 0. The fourth-order valence-corrected chi connectivity index (χ4v) is 2.11. The van der Waals surface area contributed by atoms with E-state index in [1.807, 2.05) is 25.1 Å². The summed E-state index contributed by atoms with van der Waals surface area (Å²) in [5.74, 6) is 0.892. The molecule has 0 N–H and O–H groups in total. The molecule has 0 bridgehead atoms. The first kappa shape index (κ1) is 11.6. The Hall–Kier alpha value is -0.830. The highest BCUT2D eigenvalue weighted by molar-refractivity contribution is 9.10. The zero-order valence-electron chi connectivity index (χ0n) is 9.33. The highest BCUT2D eigenvalue weighted by Gasteiger charge is 2.45. The Morgan fingerprint density at radius 3 is 2.88 bits per heavy atom. The summed E-state index contributed by atoms with van der Waals surface area (Å²) < 4.78 is 7.00. The number of rotatable bonds is 5. The fraction of sp³-hybridized carbons (Fsp3) is 0.462. The van der Waals surface area contributed by atoms with Gasteiger partial charge < -0.3 is 9.53 Å². The molecule has 2 rings (SSSR count). The van der Waals surface area contributed by atoms with Gasteiger partial charge in [-0.2, -0.15) is 0 Å². The second kappa shape index (κ2) is 4.58. The van der Waals surface area contributed by atoms with Crippen LogP contribution in [0, 0.1) is 6.92 Å². The van der Waals surface area contributed by atoms with Gasteiger partial charge in [0, 0.05) is 6.42 Å². The summed E-state index contributed by atoms with van der Waals surface area (Å²) in [6.45, 7) is 2.05. The third kappa shape index (κ3) is 2.64. The van der Waals surface area contributed by atoms with E-state index in [0.29, 0.717) is 6.42 Å². The van der Waals surface area contributed by atoms with Crippen molar-refractivity contribution in [1.29, 1.82) is 0 Å². The van der Waals surface area contributed by atoms with Crippen LogP contribution in [-0.2, 0) is 4.79 Å². The summed E-state index contributed by atoms with van der Waals surface area (Å²) >= 11 is 3.48. The normalized spacial score (nSPS) is 16.9. The average Bonchev–Trinajstić information content (AvgIpc) is 3.01. The van der Waals surface area contributed by atoms with E-state index in [2.05, 4.69) is 15.9 Å². The largest absolute Gasteiger partial charge is 0.486 e. The number of carbonyl (C=O) groups excluding carboxylic acids is 1. The Labute approximate surface area is 104 Å². The molecule has 1 aliphatic carbocycles. The van der Waals surface area contributed by atoms with Gasteiger partial charge in [-0.15, -0.1) is 0 Å². The van der Waals surface area contributed by atoms with E-state index in [-0.39, 0.29) is 5.60 Å². The van der Waals surface area contributed by atoms with Crippen molar-refractivity contribution in [1.82, 2.24) is 0 Å². The number of hydrogen-bond acceptors (Lipinski definition) is 2. The minimum absolute atomic E-state index is 0.0722. The topological polar surface area (TPSA) is 26.3 Å². The lowest BCUT2D eigenvalue weighted by Gasteiger charge is -2.18. The minimum Gasteiger partial charge on any atom is -0.486 e. The second-order valence-corrected chi connectivity index (χ2v) is 5.28. The van der Waals surface area contributed by atoms with Gasteiger partial charge in [-0.1, -0.05) is 6.07 Å². The van der Waals surface area contributed by atoms with Crippen LogP contribution < -0.4 is 4.74 Å². The van der Waals surface area contributed by atoms with E-state index in [1.165, 1.54) is 5.56 Å². The summed E-state index contributed by atoms with van der Waals surface area (Å²) in [7, 11) is 0. The summed E-state index contributed by atoms with van der Waals surface area (Å²) in [5.41, 5.74) is 1.11. The number of ether oxygens (including phenoxy) is 1. The van der Waals surface area contributed by atoms with Crippen LogP contribution in [-0.4, -0.2) is 11.9 Å². The van der Waals surface area contributed by atoms with E-state index >= 15 is 0 Å². The van der Waals surface area contributed by atoms with Crippen LogP contribution in [0.4, 0.5) is 0 Å². The van der Waals surface area contributed by atoms with Gasteiger partial charge in [0.15, 0.2) is 0 Å². The summed E-state index contributed by atoms with van der Waals surface area (Å²) in [5, 5.41) is 0. The average molecular weight is 283 g/mol. The molecule has 0 radical (unpaired) electrons. The first-order chi connectivity index (χ1) is 7.65. The highest BCUT2D eigenvalue weighted by Crippen LogP contribution is 2.45. The molecule has 0 atom stereocenters. The molecule has 0 spiro atoms. The lowest BCUT2D eigenvalue weighted by Crippen LogP contribution is -2.18. The third-order valence-corrected chi connectivity index (χ3v) is 3.59. The monoisotopic (exact) mass is 282 g/mol. The van der Waals surface area contributed by atoms with Crippen LogP contribution in [0.5, 0.6) is 5.75 Å². The summed E-state index contributed by atoms with van der Waals surface area (Å²) in [6.07, 6.45) is 4.50. The Morgan fingerprint density at radius 1 is 1.50 bits per heavy atom. The molecule has 2 nitrogen and oxygen atoms in total. The Morgan fingerprint density at radius 2 is 2.25 bits per heavy atom. The Bertz CT molecular complexity index is 397. The van der Waals surface area contributed by atoms with Crippen molar-refractivity contribution >= 4 is 22.2 Å². The summed E-state index contributed by atoms with van der Waals surface area (Å²) in [4.78, 5) is 10.4. The van der Waals surface area contributed by atoms with Crippen molar-refractivity contribution in [2.24, 2.45) is 0 Å². The van der Waals surface area contributed by atoms with Crippen molar-refractivity contribution in [3.8, 4) is 5.75 Å². The maximum atomic E-state index is 10.4. The van der Waals surface area contributed by atoms with E-state index in [9.17, 15) is 4.79 Å². The Balaban J connectivity index is 2.08. The summed E-state index contributed by atoms with van der Waals surface area (Å²) in [6, 6.07) is 6.08. The first-order valence-electron chi connectivity index (χ1n) is 5.54. The van der Waals surface area contributed by atoms with Crippen molar-refractivity contribution in [2.45, 2.75) is 38.2 Å². The maximum absolute atomic E-state index is 10.4. The molecule has 1 aliphatic rings. The predicted molar refractivity (Wildman–Crippen MR) is 66.8 cm³/mol. The van der Waals surface area contributed by atoms with Crippen LogP contribution in [0.2, 0.25) is 0 Å². The number of aryl methyl sites for hydroxylation is 1. The van der Waals surface area contributed by atoms with Gasteiger partial charge in [-0.25, -0.2) is 0 Å². The van der Waals surface area contributed by atoms with Crippen molar-refractivity contribution < 1.29 is 9.53 Å². The number of carbonyl (C=O) groups is 1. The van der Waals surface area contributed by atoms with E-state index in [1.54, 1.807) is 0 Å². The molecule has 1 fully saturated rings. The highest BCUT2D eigenvalue weighted by atomic mass is 79.9. The zero-order chi connectivity index (χ0) is 11.6. The molecule has 1 saturated carbocycles. The quantitative estimate of drug-likeness (QED) is 0.771. The van der Waals surface area contributed by atoms with E-state index in [0.717, 1.165) is 35.8 Å². The molecule has 0 saturated heterocycles. The van der Waals surface area contributed by atoms with Gasteiger partial charge in [0.25, 0.3) is 0 Å². The third-order valence-electron chi connectivity index (χ3n) is 2.94. The molecule has 16 heavy (non-hydrogen) atoms. The molecule has 0 amide bonds. The van der Waals surface area contributed by atoms with Crippen molar-refractivity contribution in [3.63, 3.8) is 0 Å². The molecule has 0 aromatic heterocycles. The smallest absolute Gasteiger partial charge is 0.134 e. The van der Waals surface area contributed by atoms with Gasteiger partial charge in [-0.3, -0.25) is 0 Å². The Kier molecular flexibility index (Phi) is 3.33. The van der Waals surface area contributed by atoms with Gasteiger partial charge in [0.1, 0.15) is 17.6 Å². The van der Waals surface area contributed by atoms with Crippen LogP contribution in [0.25, 0.3) is 0 Å². The van der Waals surface area contributed by atoms with Crippen LogP contribution in [0.3, 0.4) is 0 Å². The first-order valence-corrected chi connectivity index (χ1v) is 6.33. The molecule has 1 aromatic rings. The van der Waals surface area contributed by atoms with Crippen LogP contribution >= 0.6 is 15.9 Å². The molecular formula is C13H15BrO2. The van der Waals surface area contributed by atoms with Gasteiger partial charge in [0.05, 0.1) is 4.47 Å². The predicted octanol–water partition coefficient (Wildman–Crippen LogP) is 3.65. The van der Waals surface area contributed by atoms with Gasteiger partial charge in [0.2, 0.25) is 0 Å². The van der Waals surface area contributed by atoms with Gasteiger partial charge >= 0.3 is 0 Å². The second-order valence-electron chi connectivity index (χ2n) is 4.42. The number of aldehydes is 1. The molecule has 3 heteroatoms. The zero-order valence-corrected chi connectivity index (χ0v) is 10.9. The van der Waals surface area contributed by atoms with Gasteiger partial charge in [-0.05, 0) is 59.8 Å². The van der Waals surface area contributed by atoms with E-state index < -0.39 is 0 Å². The molecule has 1 aromatic carbocycles. The number of benzene rings is 1. The SMILES string of the molecule is Cc1ccc(Br)c(OC2(CCC=O)CC2)c1. The molecular weight excluding hydrogens is 268 g/mol. The van der Waals surface area contributed by atoms with Crippen LogP contribution in [0.15, 0.2) is 22.7 Å². The van der Waals surface area contributed by atoms with Crippen molar-refractivity contribution in [3.05, 3.63) is 28.2 Å². The fourth-order valence-electron chi connectivity index (χ4n) is 1.79. The minimum atomic E-state index is -0.0722. The molecule has 0 heterocycles. The van der Waals surface area contributed by atoms with E-state index in [4.69, 9.17) is 4.74 Å². The molecule has 86 valence electrons. The van der Waals surface area contributed by atoms with Crippen molar-refractivity contribution in [2.75, 3.05) is 0 Å². The molecule has 0 aliphatic heterocycles. The lowest BCUT2D eigenvalue weighted by molar-refractivity contribution is -0.108. The standard InChI is InChI=1S/C13H15BrO2/c1-10-3-4-11(14)12(9-10)16-13(6-7-13)5-2-8-15/h3-4,8-9H,2,5-7H2,1H3. The maximum Gasteiger partial charge on any atom is 0.134 e. The van der Waals surface area contributed by atoms with Crippen LogP contribution in [0.1, 0.15) is 31.2 Å².